The maximum absolute atomic E-state index is 9.28. The molecular weight excluding hydrogens is 160 g/mol. The highest BCUT2D eigenvalue weighted by Gasteiger charge is 2.18. The minimum absolute atomic E-state index is 0.179. The van der Waals surface area contributed by atoms with Crippen LogP contribution >= 0.6 is 0 Å². The Bertz CT molecular complexity index is 162. The van der Waals surface area contributed by atoms with Gasteiger partial charge in [0.2, 0.25) is 0 Å². The van der Waals surface area contributed by atoms with Crippen LogP contribution in [0.15, 0.2) is 11.6 Å². The molecule has 0 aromatic rings. The van der Waals surface area contributed by atoms with E-state index < -0.39 is 0 Å². The first-order valence-electron chi connectivity index (χ1n) is 5.15. The van der Waals surface area contributed by atoms with Gasteiger partial charge in [-0.2, -0.15) is 0 Å². The van der Waals surface area contributed by atoms with Crippen LogP contribution in [-0.2, 0) is 0 Å². The SMILES string of the molecule is CC(C)=CCCC(C)(C)CC(C)O. The Hall–Kier alpha value is -0.300. The van der Waals surface area contributed by atoms with E-state index in [1.807, 2.05) is 6.92 Å². The van der Waals surface area contributed by atoms with Gasteiger partial charge in [-0.3, -0.25) is 0 Å². The van der Waals surface area contributed by atoms with Gasteiger partial charge in [-0.1, -0.05) is 25.5 Å². The second-order valence-electron chi connectivity index (χ2n) is 5.04. The molecule has 0 amide bonds. The van der Waals surface area contributed by atoms with Crippen molar-refractivity contribution < 1.29 is 5.11 Å². The first-order valence-corrected chi connectivity index (χ1v) is 5.15. The van der Waals surface area contributed by atoms with Crippen molar-refractivity contribution in [3.8, 4) is 0 Å². The minimum Gasteiger partial charge on any atom is -0.393 e. The van der Waals surface area contributed by atoms with E-state index in [0.717, 1.165) is 19.3 Å². The lowest BCUT2D eigenvalue weighted by Gasteiger charge is -2.25. The molecule has 0 rings (SSSR count). The largest absolute Gasteiger partial charge is 0.393 e. The number of aliphatic hydroxyl groups is 1. The number of hydrogen-bond acceptors (Lipinski definition) is 1. The van der Waals surface area contributed by atoms with Gasteiger partial charge in [-0.15, -0.1) is 0 Å². The molecule has 0 saturated carbocycles. The van der Waals surface area contributed by atoms with Crippen LogP contribution in [0.1, 0.15) is 53.9 Å². The zero-order chi connectivity index (χ0) is 10.5. The molecule has 0 aliphatic carbocycles. The molecule has 0 radical (unpaired) electrons. The van der Waals surface area contributed by atoms with Crippen LogP contribution in [0.4, 0.5) is 0 Å². The second kappa shape index (κ2) is 5.43. The number of hydrogen-bond donors (Lipinski definition) is 1. The fourth-order valence-corrected chi connectivity index (χ4v) is 1.65. The number of allylic oxidation sites excluding steroid dienone is 2. The number of aliphatic hydroxyl groups excluding tert-OH is 1. The van der Waals surface area contributed by atoms with E-state index in [9.17, 15) is 5.11 Å². The molecular formula is C12H24O. The van der Waals surface area contributed by atoms with Crippen LogP contribution in [0, 0.1) is 5.41 Å². The summed E-state index contributed by atoms with van der Waals surface area (Å²) in [6.07, 6.45) is 5.26. The highest BCUT2D eigenvalue weighted by molar-refractivity contribution is 4.93. The summed E-state index contributed by atoms with van der Waals surface area (Å²) >= 11 is 0. The third-order valence-corrected chi connectivity index (χ3v) is 2.22. The fraction of sp³-hybridized carbons (Fsp3) is 0.833. The third kappa shape index (κ3) is 8.04. The van der Waals surface area contributed by atoms with Gasteiger partial charge in [0.15, 0.2) is 0 Å². The zero-order valence-corrected chi connectivity index (χ0v) is 9.72. The number of rotatable bonds is 5. The van der Waals surface area contributed by atoms with E-state index in [4.69, 9.17) is 0 Å². The van der Waals surface area contributed by atoms with Gasteiger partial charge in [0.25, 0.3) is 0 Å². The Kier molecular flexibility index (Phi) is 5.31. The molecule has 0 spiro atoms. The predicted octanol–water partition coefficient (Wildman–Crippen LogP) is 3.53. The smallest absolute Gasteiger partial charge is 0.0517 e. The first kappa shape index (κ1) is 12.7. The summed E-state index contributed by atoms with van der Waals surface area (Å²) in [7, 11) is 0. The lowest BCUT2D eigenvalue weighted by atomic mass is 9.82. The molecule has 0 fully saturated rings. The average molecular weight is 184 g/mol. The molecule has 1 nitrogen and oxygen atoms in total. The Morgan fingerprint density at radius 2 is 1.92 bits per heavy atom. The van der Waals surface area contributed by atoms with E-state index in [1.54, 1.807) is 0 Å². The van der Waals surface area contributed by atoms with Crippen molar-refractivity contribution in [3.05, 3.63) is 11.6 Å². The van der Waals surface area contributed by atoms with Crippen LogP contribution in [0.3, 0.4) is 0 Å². The summed E-state index contributed by atoms with van der Waals surface area (Å²) < 4.78 is 0. The van der Waals surface area contributed by atoms with Crippen molar-refractivity contribution in [1.82, 2.24) is 0 Å². The van der Waals surface area contributed by atoms with E-state index in [2.05, 4.69) is 33.8 Å². The van der Waals surface area contributed by atoms with Gasteiger partial charge in [-0.05, 0) is 45.4 Å². The topological polar surface area (TPSA) is 20.2 Å². The van der Waals surface area contributed by atoms with Gasteiger partial charge in [-0.25, -0.2) is 0 Å². The van der Waals surface area contributed by atoms with Crippen molar-refractivity contribution in [2.24, 2.45) is 5.41 Å². The molecule has 0 bridgehead atoms. The van der Waals surface area contributed by atoms with Crippen molar-refractivity contribution in [2.45, 2.75) is 60.0 Å². The molecule has 0 saturated heterocycles. The minimum atomic E-state index is -0.179. The van der Waals surface area contributed by atoms with Gasteiger partial charge < -0.3 is 5.11 Å². The molecule has 0 aromatic heterocycles. The predicted molar refractivity (Wildman–Crippen MR) is 58.7 cm³/mol. The normalized spacial score (nSPS) is 14.0. The summed E-state index contributed by atoms with van der Waals surface area (Å²) in [5.74, 6) is 0. The lowest BCUT2D eigenvalue weighted by Crippen LogP contribution is -2.18. The summed E-state index contributed by atoms with van der Waals surface area (Å²) in [5.41, 5.74) is 1.65. The van der Waals surface area contributed by atoms with Crippen LogP contribution in [-0.4, -0.2) is 11.2 Å². The Balaban J connectivity index is 3.82. The third-order valence-electron chi connectivity index (χ3n) is 2.22. The molecule has 0 aromatic carbocycles. The van der Waals surface area contributed by atoms with Crippen LogP contribution < -0.4 is 0 Å². The molecule has 0 aliphatic heterocycles. The molecule has 13 heavy (non-hydrogen) atoms. The van der Waals surface area contributed by atoms with Crippen LogP contribution in [0.25, 0.3) is 0 Å². The molecule has 1 N–H and O–H groups in total. The molecule has 78 valence electrons. The quantitative estimate of drug-likeness (QED) is 0.648. The standard InChI is InChI=1S/C12H24O/c1-10(2)7-6-8-12(4,5)9-11(3)13/h7,11,13H,6,8-9H2,1-5H3. The van der Waals surface area contributed by atoms with Crippen molar-refractivity contribution in [1.29, 1.82) is 0 Å². The molecule has 1 atom stereocenters. The summed E-state index contributed by atoms with van der Waals surface area (Å²) in [4.78, 5) is 0. The van der Waals surface area contributed by atoms with Gasteiger partial charge in [0.05, 0.1) is 6.10 Å². The lowest BCUT2D eigenvalue weighted by molar-refractivity contribution is 0.125. The van der Waals surface area contributed by atoms with E-state index in [-0.39, 0.29) is 11.5 Å². The van der Waals surface area contributed by atoms with Gasteiger partial charge >= 0.3 is 0 Å². The van der Waals surface area contributed by atoms with Crippen LogP contribution in [0.2, 0.25) is 0 Å². The van der Waals surface area contributed by atoms with E-state index >= 15 is 0 Å². The van der Waals surface area contributed by atoms with Crippen molar-refractivity contribution >= 4 is 0 Å². The van der Waals surface area contributed by atoms with Crippen LogP contribution in [0.5, 0.6) is 0 Å². The Morgan fingerprint density at radius 1 is 1.38 bits per heavy atom. The highest BCUT2D eigenvalue weighted by Crippen LogP contribution is 2.28. The van der Waals surface area contributed by atoms with E-state index in [0.29, 0.717) is 0 Å². The monoisotopic (exact) mass is 184 g/mol. The summed E-state index contributed by atoms with van der Waals surface area (Å²) in [6, 6.07) is 0. The first-order chi connectivity index (χ1) is 5.83. The maximum Gasteiger partial charge on any atom is 0.0517 e. The molecule has 0 aliphatic rings. The molecule has 0 heterocycles. The fourth-order valence-electron chi connectivity index (χ4n) is 1.65. The second-order valence-corrected chi connectivity index (χ2v) is 5.04. The summed E-state index contributed by atoms with van der Waals surface area (Å²) in [5, 5.41) is 9.28. The Morgan fingerprint density at radius 3 is 2.31 bits per heavy atom. The van der Waals surface area contributed by atoms with Gasteiger partial charge in [0.1, 0.15) is 0 Å². The van der Waals surface area contributed by atoms with Crippen molar-refractivity contribution in [3.63, 3.8) is 0 Å². The van der Waals surface area contributed by atoms with E-state index in [1.165, 1.54) is 5.57 Å². The highest BCUT2D eigenvalue weighted by atomic mass is 16.3. The zero-order valence-electron chi connectivity index (χ0n) is 9.72. The summed E-state index contributed by atoms with van der Waals surface area (Å²) in [6.45, 7) is 10.6. The van der Waals surface area contributed by atoms with Gasteiger partial charge in [0, 0.05) is 0 Å². The van der Waals surface area contributed by atoms with Crippen molar-refractivity contribution in [2.75, 3.05) is 0 Å². The Labute approximate surface area is 82.9 Å². The average Bonchev–Trinajstić information content (AvgIpc) is 1.81. The maximum atomic E-state index is 9.28. The molecule has 1 heteroatoms. The molecule has 1 unspecified atom stereocenters.